The molecule has 116 valence electrons. The zero-order valence-corrected chi connectivity index (χ0v) is 12.9. The lowest BCUT2D eigenvalue weighted by Crippen LogP contribution is -2.40. The smallest absolute Gasteiger partial charge is 0.325 e. The Morgan fingerprint density at radius 3 is 2.52 bits per heavy atom. The number of nitrogens with one attached hydrogen (secondary N) is 1. The van der Waals surface area contributed by atoms with Gasteiger partial charge in [-0.2, -0.15) is 13.2 Å². The maximum Gasteiger partial charge on any atom is 0.416 e. The van der Waals surface area contributed by atoms with Crippen molar-refractivity contribution in [3.05, 3.63) is 28.2 Å². The second-order valence-electron chi connectivity index (χ2n) is 5.49. The summed E-state index contributed by atoms with van der Waals surface area (Å²) in [5.74, 6) is -0.362. The van der Waals surface area contributed by atoms with Crippen molar-refractivity contribution in [2.45, 2.75) is 43.8 Å². The summed E-state index contributed by atoms with van der Waals surface area (Å²) in [7, 11) is 0. The first-order valence-electron chi connectivity index (χ1n) is 6.65. The molecule has 2 rings (SSSR count). The number of benzene rings is 1. The number of hydrogen-bond acceptors (Lipinski definition) is 2. The SMILES string of the molecule is NC1(CC(=O)Nc2cc(C(F)(F)F)ccc2Br)CCCC1. The number of amides is 1. The molecule has 3 N–H and O–H groups in total. The molecule has 1 aliphatic carbocycles. The predicted molar refractivity (Wildman–Crippen MR) is 77.8 cm³/mol. The van der Waals surface area contributed by atoms with Gasteiger partial charge in [0, 0.05) is 16.4 Å². The molecular weight excluding hydrogens is 349 g/mol. The van der Waals surface area contributed by atoms with Crippen molar-refractivity contribution in [3.63, 3.8) is 0 Å². The molecule has 0 bridgehead atoms. The quantitative estimate of drug-likeness (QED) is 0.849. The second kappa shape index (κ2) is 5.96. The molecule has 21 heavy (non-hydrogen) atoms. The third-order valence-corrected chi connectivity index (χ3v) is 4.37. The van der Waals surface area contributed by atoms with Gasteiger partial charge in [-0.1, -0.05) is 12.8 Å². The van der Waals surface area contributed by atoms with Crippen LogP contribution in [0.2, 0.25) is 0 Å². The van der Waals surface area contributed by atoms with Crippen LogP contribution in [0, 0.1) is 0 Å². The van der Waals surface area contributed by atoms with Crippen LogP contribution < -0.4 is 11.1 Å². The van der Waals surface area contributed by atoms with Gasteiger partial charge >= 0.3 is 6.18 Å². The van der Waals surface area contributed by atoms with Crippen LogP contribution in [0.15, 0.2) is 22.7 Å². The first kappa shape index (κ1) is 16.3. The lowest BCUT2D eigenvalue weighted by molar-refractivity contribution is -0.137. The predicted octanol–water partition coefficient (Wildman–Crippen LogP) is 4.07. The summed E-state index contributed by atoms with van der Waals surface area (Å²) in [6.45, 7) is 0. The maximum atomic E-state index is 12.7. The summed E-state index contributed by atoms with van der Waals surface area (Å²) in [4.78, 5) is 12.0. The third kappa shape index (κ3) is 4.20. The normalized spacial score (nSPS) is 17.8. The van der Waals surface area contributed by atoms with Crippen molar-refractivity contribution in [1.29, 1.82) is 0 Å². The van der Waals surface area contributed by atoms with Crippen molar-refractivity contribution in [3.8, 4) is 0 Å². The van der Waals surface area contributed by atoms with Gasteiger partial charge in [0.15, 0.2) is 0 Å². The number of rotatable bonds is 3. The largest absolute Gasteiger partial charge is 0.416 e. The highest BCUT2D eigenvalue weighted by atomic mass is 79.9. The Balaban J connectivity index is 2.10. The second-order valence-corrected chi connectivity index (χ2v) is 6.34. The van der Waals surface area contributed by atoms with E-state index in [2.05, 4.69) is 21.2 Å². The van der Waals surface area contributed by atoms with Gasteiger partial charge in [0.25, 0.3) is 0 Å². The van der Waals surface area contributed by atoms with Gasteiger partial charge in [-0.05, 0) is 47.0 Å². The van der Waals surface area contributed by atoms with Crippen LogP contribution in [0.1, 0.15) is 37.7 Å². The topological polar surface area (TPSA) is 55.1 Å². The Morgan fingerprint density at radius 2 is 1.95 bits per heavy atom. The minimum Gasteiger partial charge on any atom is -0.325 e. The Labute approximate surface area is 129 Å². The molecular formula is C14H16BrF3N2O. The molecule has 1 fully saturated rings. The molecule has 0 saturated heterocycles. The van der Waals surface area contributed by atoms with E-state index >= 15 is 0 Å². The summed E-state index contributed by atoms with van der Waals surface area (Å²) in [5, 5.41) is 2.51. The molecule has 1 aromatic carbocycles. The molecule has 0 heterocycles. The van der Waals surface area contributed by atoms with Crippen LogP contribution in [0.25, 0.3) is 0 Å². The molecule has 0 aromatic heterocycles. The standard InChI is InChI=1S/C14H16BrF3N2O/c15-10-4-3-9(14(16,17)18)7-11(10)20-12(21)8-13(19)5-1-2-6-13/h3-4,7H,1-2,5-6,8,19H2,(H,20,21). The summed E-state index contributed by atoms with van der Waals surface area (Å²) >= 11 is 3.14. The molecule has 1 saturated carbocycles. The van der Waals surface area contributed by atoms with Gasteiger partial charge in [-0.15, -0.1) is 0 Å². The molecule has 7 heteroatoms. The van der Waals surface area contributed by atoms with Crippen LogP contribution in [-0.2, 0) is 11.0 Å². The van der Waals surface area contributed by atoms with Crippen molar-refractivity contribution in [2.75, 3.05) is 5.32 Å². The van der Waals surface area contributed by atoms with E-state index < -0.39 is 17.3 Å². The third-order valence-electron chi connectivity index (χ3n) is 3.68. The van der Waals surface area contributed by atoms with Gasteiger partial charge < -0.3 is 11.1 Å². The Hall–Kier alpha value is -1.08. The zero-order chi connectivity index (χ0) is 15.7. The van der Waals surface area contributed by atoms with E-state index in [4.69, 9.17) is 5.73 Å². The van der Waals surface area contributed by atoms with E-state index in [1.54, 1.807) is 0 Å². The molecule has 1 aromatic rings. The summed E-state index contributed by atoms with van der Waals surface area (Å²) in [6.07, 6.45) is -0.821. The van der Waals surface area contributed by atoms with Crippen molar-refractivity contribution >= 4 is 27.5 Å². The Bertz CT molecular complexity index is 540. The number of carbonyl (C=O) groups is 1. The van der Waals surface area contributed by atoms with Gasteiger partial charge in [-0.3, -0.25) is 4.79 Å². The van der Waals surface area contributed by atoms with Crippen molar-refractivity contribution in [1.82, 2.24) is 0 Å². The molecule has 0 spiro atoms. The fourth-order valence-electron chi connectivity index (χ4n) is 2.57. The number of alkyl halides is 3. The summed E-state index contributed by atoms with van der Waals surface area (Å²) in [6, 6.07) is 3.15. The average Bonchev–Trinajstić information content (AvgIpc) is 2.77. The molecule has 0 radical (unpaired) electrons. The van der Waals surface area contributed by atoms with Crippen molar-refractivity contribution < 1.29 is 18.0 Å². The molecule has 1 aliphatic rings. The van der Waals surface area contributed by atoms with Crippen LogP contribution in [-0.4, -0.2) is 11.4 Å². The van der Waals surface area contributed by atoms with E-state index in [0.29, 0.717) is 4.47 Å². The zero-order valence-electron chi connectivity index (χ0n) is 11.3. The van der Waals surface area contributed by atoms with Crippen LogP contribution in [0.5, 0.6) is 0 Å². The Kier molecular flexibility index (Phi) is 4.63. The van der Waals surface area contributed by atoms with Crippen LogP contribution in [0.4, 0.5) is 18.9 Å². The number of carbonyl (C=O) groups excluding carboxylic acids is 1. The van der Waals surface area contributed by atoms with E-state index in [0.717, 1.165) is 37.8 Å². The molecule has 3 nitrogen and oxygen atoms in total. The van der Waals surface area contributed by atoms with Crippen LogP contribution >= 0.6 is 15.9 Å². The fraction of sp³-hybridized carbons (Fsp3) is 0.500. The fourth-order valence-corrected chi connectivity index (χ4v) is 2.91. The highest BCUT2D eigenvalue weighted by molar-refractivity contribution is 9.10. The van der Waals surface area contributed by atoms with E-state index in [-0.39, 0.29) is 18.0 Å². The minimum atomic E-state index is -4.44. The molecule has 0 aliphatic heterocycles. The minimum absolute atomic E-state index is 0.108. The van der Waals surface area contributed by atoms with Crippen molar-refractivity contribution in [2.24, 2.45) is 5.73 Å². The van der Waals surface area contributed by atoms with Gasteiger partial charge in [0.05, 0.1) is 11.3 Å². The van der Waals surface area contributed by atoms with E-state index in [1.165, 1.54) is 6.07 Å². The first-order chi connectivity index (χ1) is 9.70. The van der Waals surface area contributed by atoms with Gasteiger partial charge in [0.1, 0.15) is 0 Å². The lowest BCUT2D eigenvalue weighted by atomic mass is 9.94. The maximum absolute atomic E-state index is 12.7. The number of hydrogen-bond donors (Lipinski definition) is 2. The first-order valence-corrected chi connectivity index (χ1v) is 7.44. The van der Waals surface area contributed by atoms with E-state index in [9.17, 15) is 18.0 Å². The number of nitrogens with two attached hydrogens (primary N) is 1. The molecule has 1 amide bonds. The average molecular weight is 365 g/mol. The lowest BCUT2D eigenvalue weighted by Gasteiger charge is -2.22. The number of halogens is 4. The summed E-state index contributed by atoms with van der Waals surface area (Å²) in [5.41, 5.74) is 4.87. The number of anilines is 1. The molecule has 0 atom stereocenters. The summed E-state index contributed by atoms with van der Waals surface area (Å²) < 4.78 is 38.4. The van der Waals surface area contributed by atoms with Gasteiger partial charge in [-0.25, -0.2) is 0 Å². The van der Waals surface area contributed by atoms with Crippen LogP contribution in [0.3, 0.4) is 0 Å². The van der Waals surface area contributed by atoms with Gasteiger partial charge in [0.2, 0.25) is 5.91 Å². The highest BCUT2D eigenvalue weighted by Crippen LogP contribution is 2.35. The van der Waals surface area contributed by atoms with E-state index in [1.807, 2.05) is 0 Å². The highest BCUT2D eigenvalue weighted by Gasteiger charge is 2.33. The Morgan fingerprint density at radius 1 is 1.33 bits per heavy atom. The monoisotopic (exact) mass is 364 g/mol. The molecule has 0 unspecified atom stereocenters.